The summed E-state index contributed by atoms with van der Waals surface area (Å²) >= 11 is 0. The first-order valence-corrected chi connectivity index (χ1v) is 6.98. The lowest BCUT2D eigenvalue weighted by atomic mass is 10.0. The molecule has 1 amide bonds. The fourth-order valence-electron chi connectivity index (χ4n) is 1.97. The van der Waals surface area contributed by atoms with Crippen molar-refractivity contribution in [3.05, 3.63) is 34.9 Å². The predicted octanol–water partition coefficient (Wildman–Crippen LogP) is 1.78. The molecule has 0 bridgehead atoms. The standard InChI is InChI=1S/C16H26N2O2/c1-11-7-6-8-12(2)14(11)15(20)17-9-13(19)10-18-16(3,4)5/h6-8,13,18-19H,9-10H2,1-5H3,(H,17,20). The lowest BCUT2D eigenvalue weighted by Gasteiger charge is -2.23. The molecule has 0 saturated carbocycles. The van der Waals surface area contributed by atoms with E-state index in [2.05, 4.69) is 10.6 Å². The Bertz CT molecular complexity index is 444. The van der Waals surface area contributed by atoms with E-state index in [1.54, 1.807) is 0 Å². The second-order valence-corrected chi connectivity index (χ2v) is 6.26. The topological polar surface area (TPSA) is 61.4 Å². The first-order valence-electron chi connectivity index (χ1n) is 6.98. The largest absolute Gasteiger partial charge is 0.390 e. The van der Waals surface area contributed by atoms with E-state index in [1.165, 1.54) is 0 Å². The van der Waals surface area contributed by atoms with Gasteiger partial charge in [-0.3, -0.25) is 4.79 Å². The molecule has 0 radical (unpaired) electrons. The van der Waals surface area contributed by atoms with Gasteiger partial charge in [0.05, 0.1) is 6.10 Å². The maximum atomic E-state index is 12.1. The summed E-state index contributed by atoms with van der Waals surface area (Å²) in [6.45, 7) is 10.6. The third kappa shape index (κ3) is 5.31. The third-order valence-corrected chi connectivity index (χ3v) is 3.07. The van der Waals surface area contributed by atoms with Gasteiger partial charge in [0.1, 0.15) is 0 Å². The number of aliphatic hydroxyl groups excluding tert-OH is 1. The molecule has 0 spiro atoms. The summed E-state index contributed by atoms with van der Waals surface area (Å²) < 4.78 is 0. The van der Waals surface area contributed by atoms with E-state index >= 15 is 0 Å². The van der Waals surface area contributed by atoms with Gasteiger partial charge in [0.25, 0.3) is 5.91 Å². The summed E-state index contributed by atoms with van der Waals surface area (Å²) in [5.74, 6) is -0.129. The summed E-state index contributed by atoms with van der Waals surface area (Å²) in [5, 5.41) is 15.9. The van der Waals surface area contributed by atoms with Crippen LogP contribution in [0.15, 0.2) is 18.2 Å². The molecule has 0 aliphatic carbocycles. The quantitative estimate of drug-likeness (QED) is 0.769. The average molecular weight is 278 g/mol. The van der Waals surface area contributed by atoms with Crippen LogP contribution >= 0.6 is 0 Å². The van der Waals surface area contributed by atoms with Crippen LogP contribution in [0.3, 0.4) is 0 Å². The van der Waals surface area contributed by atoms with Crippen LogP contribution in [0.2, 0.25) is 0 Å². The molecule has 4 heteroatoms. The molecule has 1 atom stereocenters. The van der Waals surface area contributed by atoms with Gasteiger partial charge >= 0.3 is 0 Å². The van der Waals surface area contributed by atoms with Crippen molar-refractivity contribution in [3.63, 3.8) is 0 Å². The van der Waals surface area contributed by atoms with Crippen molar-refractivity contribution < 1.29 is 9.90 Å². The minimum Gasteiger partial charge on any atom is -0.390 e. The van der Waals surface area contributed by atoms with Gasteiger partial charge in [0.2, 0.25) is 0 Å². The molecule has 0 aliphatic heterocycles. The number of β-amino-alcohol motifs (C(OH)–C–C–N with tert-alkyl or cyclic N) is 1. The number of hydrogen-bond donors (Lipinski definition) is 3. The first kappa shape index (κ1) is 16.7. The number of carbonyl (C=O) groups is 1. The smallest absolute Gasteiger partial charge is 0.251 e. The Morgan fingerprint density at radius 3 is 2.25 bits per heavy atom. The number of rotatable bonds is 5. The highest BCUT2D eigenvalue weighted by atomic mass is 16.3. The second-order valence-electron chi connectivity index (χ2n) is 6.26. The zero-order valence-corrected chi connectivity index (χ0v) is 13.1. The van der Waals surface area contributed by atoms with Gasteiger partial charge in [0, 0.05) is 24.2 Å². The number of carbonyl (C=O) groups excluding carboxylic acids is 1. The maximum Gasteiger partial charge on any atom is 0.251 e. The zero-order chi connectivity index (χ0) is 15.3. The van der Waals surface area contributed by atoms with Crippen molar-refractivity contribution in [1.82, 2.24) is 10.6 Å². The van der Waals surface area contributed by atoms with Crippen molar-refractivity contribution in [3.8, 4) is 0 Å². The maximum absolute atomic E-state index is 12.1. The molecule has 0 fully saturated rings. The minimum absolute atomic E-state index is 0.0441. The highest BCUT2D eigenvalue weighted by Crippen LogP contribution is 2.12. The molecule has 1 rings (SSSR count). The number of benzene rings is 1. The Morgan fingerprint density at radius 1 is 1.20 bits per heavy atom. The molecule has 1 unspecified atom stereocenters. The van der Waals surface area contributed by atoms with Crippen LogP contribution in [0.1, 0.15) is 42.3 Å². The molecule has 0 heterocycles. The number of amides is 1. The normalized spacial score (nSPS) is 13.1. The first-order chi connectivity index (χ1) is 9.20. The molecule has 0 aliphatic rings. The van der Waals surface area contributed by atoms with E-state index in [0.717, 1.165) is 11.1 Å². The Labute approximate surface area is 121 Å². The van der Waals surface area contributed by atoms with Gasteiger partial charge in [-0.1, -0.05) is 18.2 Å². The second kappa shape index (κ2) is 6.86. The van der Waals surface area contributed by atoms with Gasteiger partial charge in [-0.2, -0.15) is 0 Å². The lowest BCUT2D eigenvalue weighted by molar-refractivity contribution is 0.0910. The van der Waals surface area contributed by atoms with Crippen molar-refractivity contribution in [2.24, 2.45) is 0 Å². The minimum atomic E-state index is -0.595. The van der Waals surface area contributed by atoms with E-state index in [9.17, 15) is 9.90 Å². The van der Waals surface area contributed by atoms with Crippen molar-refractivity contribution in [2.45, 2.75) is 46.3 Å². The summed E-state index contributed by atoms with van der Waals surface area (Å²) in [6, 6.07) is 5.77. The van der Waals surface area contributed by atoms with E-state index in [-0.39, 0.29) is 18.0 Å². The fourth-order valence-corrected chi connectivity index (χ4v) is 1.97. The zero-order valence-electron chi connectivity index (χ0n) is 13.1. The molecule has 112 valence electrons. The Balaban J connectivity index is 2.51. The van der Waals surface area contributed by atoms with Crippen LogP contribution in [0.25, 0.3) is 0 Å². The van der Waals surface area contributed by atoms with Crippen LogP contribution in [0.4, 0.5) is 0 Å². The third-order valence-electron chi connectivity index (χ3n) is 3.07. The van der Waals surface area contributed by atoms with E-state index in [0.29, 0.717) is 12.1 Å². The Hall–Kier alpha value is -1.39. The summed E-state index contributed by atoms with van der Waals surface area (Å²) in [6.07, 6.45) is -0.595. The Kier molecular flexibility index (Phi) is 5.72. The molecular formula is C16H26N2O2. The van der Waals surface area contributed by atoms with Crippen LogP contribution < -0.4 is 10.6 Å². The molecule has 0 aromatic heterocycles. The van der Waals surface area contributed by atoms with Gasteiger partial charge < -0.3 is 15.7 Å². The molecule has 0 saturated heterocycles. The number of aliphatic hydroxyl groups is 1. The van der Waals surface area contributed by atoms with Gasteiger partial charge in [-0.25, -0.2) is 0 Å². The highest BCUT2D eigenvalue weighted by molar-refractivity contribution is 5.97. The van der Waals surface area contributed by atoms with E-state index in [4.69, 9.17) is 0 Å². The molecule has 4 nitrogen and oxygen atoms in total. The average Bonchev–Trinajstić information content (AvgIpc) is 2.32. The van der Waals surface area contributed by atoms with E-state index < -0.39 is 6.10 Å². The van der Waals surface area contributed by atoms with Crippen LogP contribution in [-0.4, -0.2) is 35.7 Å². The lowest BCUT2D eigenvalue weighted by Crippen LogP contribution is -2.44. The predicted molar refractivity (Wildman–Crippen MR) is 82.0 cm³/mol. The molecule has 1 aromatic carbocycles. The summed E-state index contributed by atoms with van der Waals surface area (Å²) in [4.78, 5) is 12.1. The Morgan fingerprint density at radius 2 is 1.75 bits per heavy atom. The van der Waals surface area contributed by atoms with Crippen LogP contribution in [-0.2, 0) is 0 Å². The van der Waals surface area contributed by atoms with Gasteiger partial charge in [0.15, 0.2) is 0 Å². The highest BCUT2D eigenvalue weighted by Gasteiger charge is 2.15. The summed E-state index contributed by atoms with van der Waals surface area (Å²) in [7, 11) is 0. The molecule has 1 aromatic rings. The van der Waals surface area contributed by atoms with Gasteiger partial charge in [-0.15, -0.1) is 0 Å². The monoisotopic (exact) mass is 278 g/mol. The molecule has 3 N–H and O–H groups in total. The summed E-state index contributed by atoms with van der Waals surface area (Å²) in [5.41, 5.74) is 2.55. The SMILES string of the molecule is Cc1cccc(C)c1C(=O)NCC(O)CNC(C)(C)C. The van der Waals surface area contributed by atoms with Crippen LogP contribution in [0.5, 0.6) is 0 Å². The van der Waals surface area contributed by atoms with Gasteiger partial charge in [-0.05, 0) is 45.7 Å². The number of nitrogens with one attached hydrogen (secondary N) is 2. The fraction of sp³-hybridized carbons (Fsp3) is 0.562. The number of hydrogen-bond acceptors (Lipinski definition) is 3. The van der Waals surface area contributed by atoms with Crippen molar-refractivity contribution in [1.29, 1.82) is 0 Å². The van der Waals surface area contributed by atoms with Crippen molar-refractivity contribution >= 4 is 5.91 Å². The van der Waals surface area contributed by atoms with E-state index in [1.807, 2.05) is 52.8 Å². The molecule has 20 heavy (non-hydrogen) atoms. The number of aryl methyl sites for hydroxylation is 2. The van der Waals surface area contributed by atoms with Crippen LogP contribution in [0, 0.1) is 13.8 Å². The molecular weight excluding hydrogens is 252 g/mol. The van der Waals surface area contributed by atoms with Crippen molar-refractivity contribution in [2.75, 3.05) is 13.1 Å².